The van der Waals surface area contributed by atoms with Crippen molar-refractivity contribution in [3.63, 3.8) is 0 Å². The Balaban J connectivity index is 1.49. The Labute approximate surface area is 151 Å². The van der Waals surface area contributed by atoms with Crippen molar-refractivity contribution in [3.05, 3.63) is 16.0 Å². The molecular formula is C17H27N4O3S+. The molecule has 8 heteroatoms. The highest BCUT2D eigenvalue weighted by Gasteiger charge is 2.24. The van der Waals surface area contributed by atoms with Crippen molar-refractivity contribution in [2.24, 2.45) is 5.73 Å². The van der Waals surface area contributed by atoms with E-state index in [4.69, 9.17) is 10.5 Å². The van der Waals surface area contributed by atoms with Gasteiger partial charge in [-0.05, 0) is 31.2 Å². The van der Waals surface area contributed by atoms with Crippen LogP contribution < -0.4 is 21.3 Å². The number of nitrogens with one attached hydrogen (secondary N) is 3. The predicted molar refractivity (Wildman–Crippen MR) is 97.5 cm³/mol. The summed E-state index contributed by atoms with van der Waals surface area (Å²) in [6.07, 6.45) is 4.95. The van der Waals surface area contributed by atoms with E-state index in [2.05, 4.69) is 10.6 Å². The van der Waals surface area contributed by atoms with Gasteiger partial charge in [0.2, 0.25) is 0 Å². The number of carbonyl (C=O) groups excluding carboxylic acids is 2. The van der Waals surface area contributed by atoms with Gasteiger partial charge in [0.25, 0.3) is 5.91 Å². The van der Waals surface area contributed by atoms with Crippen molar-refractivity contribution in [1.82, 2.24) is 5.32 Å². The van der Waals surface area contributed by atoms with Crippen molar-refractivity contribution in [3.8, 4) is 0 Å². The summed E-state index contributed by atoms with van der Waals surface area (Å²) in [5.41, 5.74) is 7.09. The number of hydrogen-bond donors (Lipinski definition) is 4. The highest BCUT2D eigenvalue weighted by Crippen LogP contribution is 2.37. The monoisotopic (exact) mass is 367 g/mol. The fourth-order valence-electron chi connectivity index (χ4n) is 3.51. The van der Waals surface area contributed by atoms with Gasteiger partial charge in [-0.2, -0.15) is 0 Å². The molecule has 1 aliphatic carbocycles. The Morgan fingerprint density at radius 1 is 1.20 bits per heavy atom. The van der Waals surface area contributed by atoms with Crippen LogP contribution in [0, 0.1) is 0 Å². The number of rotatable bonds is 6. The quantitative estimate of drug-likeness (QED) is 0.539. The molecule has 25 heavy (non-hydrogen) atoms. The minimum Gasteiger partial charge on any atom is -0.370 e. The van der Waals surface area contributed by atoms with Crippen molar-refractivity contribution in [2.75, 3.05) is 44.7 Å². The number of anilines is 1. The number of quaternary nitrogens is 1. The van der Waals surface area contributed by atoms with E-state index >= 15 is 0 Å². The molecular weight excluding hydrogens is 340 g/mol. The normalized spacial score (nSPS) is 17.8. The van der Waals surface area contributed by atoms with Crippen LogP contribution in [0.3, 0.4) is 0 Å². The summed E-state index contributed by atoms with van der Waals surface area (Å²) in [4.78, 5) is 26.7. The van der Waals surface area contributed by atoms with E-state index < -0.39 is 5.91 Å². The molecule has 3 amide bonds. The summed E-state index contributed by atoms with van der Waals surface area (Å²) < 4.78 is 5.34. The lowest BCUT2D eigenvalue weighted by Crippen LogP contribution is -3.14. The smallest absolute Gasteiger partial charge is 0.319 e. The number of morpholine rings is 1. The molecule has 0 bridgehead atoms. The van der Waals surface area contributed by atoms with E-state index in [0.29, 0.717) is 17.1 Å². The molecule has 1 aromatic rings. The first-order valence-electron chi connectivity index (χ1n) is 9.05. The average molecular weight is 367 g/mol. The molecule has 7 nitrogen and oxygen atoms in total. The fraction of sp³-hybridized carbons (Fsp3) is 0.647. The molecule has 1 saturated heterocycles. The lowest BCUT2D eigenvalue weighted by atomic mass is 9.95. The minimum absolute atomic E-state index is 0.266. The molecule has 2 aliphatic rings. The summed E-state index contributed by atoms with van der Waals surface area (Å²) in [6.45, 7) is 5.37. The van der Waals surface area contributed by atoms with E-state index in [1.807, 2.05) is 0 Å². The second-order valence-corrected chi connectivity index (χ2v) is 7.73. The number of aryl methyl sites for hydroxylation is 1. The molecule has 3 rings (SSSR count). The highest BCUT2D eigenvalue weighted by molar-refractivity contribution is 7.17. The van der Waals surface area contributed by atoms with Gasteiger partial charge in [-0.15, -0.1) is 11.3 Å². The van der Waals surface area contributed by atoms with Gasteiger partial charge in [-0.1, -0.05) is 0 Å². The van der Waals surface area contributed by atoms with Gasteiger partial charge in [-0.25, -0.2) is 4.79 Å². The molecule has 2 heterocycles. The average Bonchev–Trinajstić information content (AvgIpc) is 2.97. The van der Waals surface area contributed by atoms with Crippen molar-refractivity contribution >= 4 is 28.3 Å². The van der Waals surface area contributed by atoms with Crippen LogP contribution in [0.15, 0.2) is 0 Å². The maximum Gasteiger partial charge on any atom is 0.319 e. The van der Waals surface area contributed by atoms with Gasteiger partial charge in [0.15, 0.2) is 0 Å². The summed E-state index contributed by atoms with van der Waals surface area (Å²) in [6, 6.07) is -0.266. The zero-order valence-electron chi connectivity index (χ0n) is 14.5. The molecule has 138 valence electrons. The van der Waals surface area contributed by atoms with Gasteiger partial charge in [-0.3, -0.25) is 10.1 Å². The summed E-state index contributed by atoms with van der Waals surface area (Å²) in [5.74, 6) is -0.453. The van der Waals surface area contributed by atoms with Crippen molar-refractivity contribution < 1.29 is 19.2 Å². The van der Waals surface area contributed by atoms with Crippen LogP contribution >= 0.6 is 11.3 Å². The molecule has 0 atom stereocenters. The highest BCUT2D eigenvalue weighted by atomic mass is 32.1. The van der Waals surface area contributed by atoms with Crippen LogP contribution in [0.5, 0.6) is 0 Å². The third-order valence-electron chi connectivity index (χ3n) is 4.84. The standard InChI is InChI=1S/C17H26N4O3S/c18-15(22)14-12-4-1-2-5-13(12)25-16(14)20-17(23)19-6-3-7-21-8-10-24-11-9-21/h1-11H2,(H2,18,22)(H2,19,20,23)/p+1. The fourth-order valence-corrected chi connectivity index (χ4v) is 4.80. The van der Waals surface area contributed by atoms with Gasteiger partial charge >= 0.3 is 6.03 Å². The van der Waals surface area contributed by atoms with Crippen LogP contribution in [0.25, 0.3) is 0 Å². The molecule has 1 aliphatic heterocycles. The third kappa shape index (κ3) is 4.71. The number of amides is 3. The molecule has 0 unspecified atom stereocenters. The van der Waals surface area contributed by atoms with E-state index in [0.717, 1.165) is 70.5 Å². The van der Waals surface area contributed by atoms with Gasteiger partial charge in [0.1, 0.15) is 18.1 Å². The van der Waals surface area contributed by atoms with Gasteiger partial charge in [0.05, 0.1) is 25.3 Å². The van der Waals surface area contributed by atoms with Crippen LogP contribution in [-0.2, 0) is 17.6 Å². The number of primary amides is 1. The van der Waals surface area contributed by atoms with E-state index in [-0.39, 0.29) is 6.03 Å². The zero-order valence-corrected chi connectivity index (χ0v) is 15.3. The number of hydrogen-bond acceptors (Lipinski definition) is 4. The van der Waals surface area contributed by atoms with Gasteiger partial charge < -0.3 is 20.7 Å². The van der Waals surface area contributed by atoms with Crippen molar-refractivity contribution in [1.29, 1.82) is 0 Å². The van der Waals surface area contributed by atoms with Crippen LogP contribution in [0.4, 0.5) is 9.80 Å². The summed E-state index contributed by atoms with van der Waals surface area (Å²) in [7, 11) is 0. The summed E-state index contributed by atoms with van der Waals surface area (Å²) >= 11 is 1.49. The Bertz CT molecular complexity index is 626. The summed E-state index contributed by atoms with van der Waals surface area (Å²) in [5, 5.41) is 6.30. The molecule has 0 radical (unpaired) electrons. The van der Waals surface area contributed by atoms with Gasteiger partial charge in [0, 0.05) is 17.8 Å². The Hall–Kier alpha value is -1.64. The predicted octanol–water partition coefficient (Wildman–Crippen LogP) is 0.153. The van der Waals surface area contributed by atoms with Crippen molar-refractivity contribution in [2.45, 2.75) is 32.1 Å². The lowest BCUT2D eigenvalue weighted by Gasteiger charge is -2.23. The zero-order chi connectivity index (χ0) is 17.6. The lowest BCUT2D eigenvalue weighted by molar-refractivity contribution is -0.908. The molecule has 0 spiro atoms. The van der Waals surface area contributed by atoms with Crippen LogP contribution in [0.2, 0.25) is 0 Å². The third-order valence-corrected chi connectivity index (χ3v) is 6.04. The van der Waals surface area contributed by atoms with Crippen LogP contribution in [0.1, 0.15) is 40.1 Å². The number of nitrogens with two attached hydrogens (primary N) is 1. The Kier molecular flexibility index (Phi) is 6.28. The Morgan fingerprint density at radius 2 is 1.96 bits per heavy atom. The largest absolute Gasteiger partial charge is 0.370 e. The minimum atomic E-state index is -0.453. The topological polar surface area (TPSA) is 97.9 Å². The SMILES string of the molecule is NC(=O)c1c(NC(=O)NCCC[NH+]2CCOCC2)sc2c1CCCC2. The number of fused-ring (bicyclic) bond motifs is 1. The first kappa shape index (κ1) is 18.2. The molecule has 5 N–H and O–H groups in total. The van der Waals surface area contributed by atoms with Crippen LogP contribution in [-0.4, -0.2) is 51.3 Å². The van der Waals surface area contributed by atoms with E-state index in [1.165, 1.54) is 21.1 Å². The van der Waals surface area contributed by atoms with E-state index in [9.17, 15) is 9.59 Å². The first-order chi connectivity index (χ1) is 12.1. The number of carbonyl (C=O) groups is 2. The number of ether oxygens (including phenoxy) is 1. The maximum absolute atomic E-state index is 12.2. The second-order valence-electron chi connectivity index (χ2n) is 6.63. The first-order valence-corrected chi connectivity index (χ1v) is 9.87. The number of urea groups is 1. The molecule has 0 aromatic carbocycles. The molecule has 1 fully saturated rings. The Morgan fingerprint density at radius 3 is 2.72 bits per heavy atom. The second kappa shape index (κ2) is 8.64. The molecule has 0 saturated carbocycles. The molecule has 1 aromatic heterocycles. The maximum atomic E-state index is 12.2. The number of thiophene rings is 1. The van der Waals surface area contributed by atoms with E-state index in [1.54, 1.807) is 0 Å².